The van der Waals surface area contributed by atoms with Gasteiger partial charge in [0.15, 0.2) is 0 Å². The lowest BCUT2D eigenvalue weighted by Crippen LogP contribution is -2.22. The smallest absolute Gasteiger partial charge is 0.280 e. The molecule has 6 nitrogen and oxygen atoms in total. The first-order valence-electron chi connectivity index (χ1n) is 8.80. The number of hydrazone groups is 1. The Bertz CT molecular complexity index is 1240. The molecule has 2 heterocycles. The van der Waals surface area contributed by atoms with E-state index in [0.717, 1.165) is 4.47 Å². The third-order valence-electron chi connectivity index (χ3n) is 4.61. The highest BCUT2D eigenvalue weighted by atomic mass is 79.9. The molecular formula is C21H16BrClN4O2. The zero-order valence-corrected chi connectivity index (χ0v) is 18.0. The van der Waals surface area contributed by atoms with Gasteiger partial charge >= 0.3 is 0 Å². The summed E-state index contributed by atoms with van der Waals surface area (Å²) in [5, 5.41) is 9.21. The maximum atomic E-state index is 13.0. The summed E-state index contributed by atoms with van der Waals surface area (Å²) in [6.45, 7) is 3.54. The molecule has 1 aliphatic heterocycles. The Morgan fingerprint density at radius 1 is 1.07 bits per heavy atom. The molecule has 146 valence electrons. The lowest BCUT2D eigenvalue weighted by atomic mass is 10.1. The summed E-state index contributed by atoms with van der Waals surface area (Å²) >= 11 is 9.42. The number of nitrogens with zero attached hydrogens (tertiary/aromatic N) is 3. The van der Waals surface area contributed by atoms with Crippen LogP contribution >= 0.6 is 27.5 Å². The van der Waals surface area contributed by atoms with Gasteiger partial charge in [0.1, 0.15) is 0 Å². The fourth-order valence-corrected chi connectivity index (χ4v) is 3.56. The number of anilines is 1. The maximum Gasteiger partial charge on any atom is 0.280 e. The lowest BCUT2D eigenvalue weighted by molar-refractivity contribution is -0.114. The second kappa shape index (κ2) is 7.50. The number of aromatic amines is 1. The zero-order valence-electron chi connectivity index (χ0n) is 15.6. The Balaban J connectivity index is 1.73. The van der Waals surface area contributed by atoms with Gasteiger partial charge in [0.2, 0.25) is 0 Å². The van der Waals surface area contributed by atoms with Gasteiger partial charge in [0, 0.05) is 15.2 Å². The molecule has 2 aromatic carbocycles. The van der Waals surface area contributed by atoms with E-state index in [1.807, 2.05) is 24.3 Å². The van der Waals surface area contributed by atoms with Gasteiger partial charge in [-0.25, -0.2) is 4.68 Å². The first kappa shape index (κ1) is 19.4. The second-order valence-corrected chi connectivity index (χ2v) is 7.96. The number of hydrogen-bond donors (Lipinski definition) is 1. The third kappa shape index (κ3) is 3.59. The summed E-state index contributed by atoms with van der Waals surface area (Å²) in [7, 11) is 0. The quantitative estimate of drug-likeness (QED) is 0.563. The van der Waals surface area contributed by atoms with Crippen LogP contribution in [0.1, 0.15) is 18.2 Å². The molecule has 0 saturated heterocycles. The number of rotatable bonds is 3. The van der Waals surface area contributed by atoms with Crippen LogP contribution in [0.2, 0.25) is 5.02 Å². The summed E-state index contributed by atoms with van der Waals surface area (Å²) in [4.78, 5) is 25.9. The fraction of sp³-hybridized carbons (Fsp3) is 0.0952. The Hall–Kier alpha value is -2.90. The molecule has 3 aromatic rings. The Labute approximate surface area is 180 Å². The molecule has 1 N–H and O–H groups in total. The largest absolute Gasteiger partial charge is 0.295 e. The molecule has 1 aliphatic rings. The Morgan fingerprint density at radius 3 is 2.48 bits per heavy atom. The monoisotopic (exact) mass is 470 g/mol. The number of carbonyl (C=O) groups excluding carboxylic acids is 1. The molecule has 0 saturated carbocycles. The minimum Gasteiger partial charge on any atom is -0.295 e. The van der Waals surface area contributed by atoms with Crippen molar-refractivity contribution < 1.29 is 4.79 Å². The summed E-state index contributed by atoms with van der Waals surface area (Å²) in [5.41, 5.74) is 3.01. The number of hydrogen-bond acceptors (Lipinski definition) is 3. The molecule has 8 heteroatoms. The van der Waals surface area contributed by atoms with Gasteiger partial charge in [-0.1, -0.05) is 33.6 Å². The molecule has 0 unspecified atom stereocenters. The molecule has 4 rings (SSSR count). The maximum absolute atomic E-state index is 13.0. The number of carbonyl (C=O) groups is 1. The molecule has 0 spiro atoms. The Kier molecular flexibility index (Phi) is 5.02. The van der Waals surface area contributed by atoms with E-state index in [4.69, 9.17) is 11.6 Å². The highest BCUT2D eigenvalue weighted by Crippen LogP contribution is 2.27. The van der Waals surface area contributed by atoms with E-state index < -0.39 is 0 Å². The molecule has 0 aliphatic carbocycles. The van der Waals surface area contributed by atoms with Crippen LogP contribution < -0.4 is 10.6 Å². The van der Waals surface area contributed by atoms with Crippen LogP contribution in [0, 0.1) is 6.92 Å². The summed E-state index contributed by atoms with van der Waals surface area (Å²) < 4.78 is 2.37. The number of amides is 1. The van der Waals surface area contributed by atoms with E-state index in [1.54, 1.807) is 44.2 Å². The van der Waals surface area contributed by atoms with E-state index in [0.29, 0.717) is 38.9 Å². The van der Waals surface area contributed by atoms with Gasteiger partial charge in [0.25, 0.3) is 11.5 Å². The molecule has 29 heavy (non-hydrogen) atoms. The van der Waals surface area contributed by atoms with E-state index in [9.17, 15) is 9.59 Å². The van der Waals surface area contributed by atoms with Crippen molar-refractivity contribution in [3.63, 3.8) is 0 Å². The van der Waals surface area contributed by atoms with Crippen molar-refractivity contribution in [1.82, 2.24) is 9.78 Å². The van der Waals surface area contributed by atoms with E-state index in [1.165, 1.54) is 9.69 Å². The van der Waals surface area contributed by atoms with E-state index in [2.05, 4.69) is 26.1 Å². The van der Waals surface area contributed by atoms with Crippen LogP contribution in [0.25, 0.3) is 11.8 Å². The highest BCUT2D eigenvalue weighted by Gasteiger charge is 2.29. The predicted molar refractivity (Wildman–Crippen MR) is 119 cm³/mol. The van der Waals surface area contributed by atoms with Gasteiger partial charge in [0.05, 0.1) is 28.2 Å². The average molecular weight is 472 g/mol. The summed E-state index contributed by atoms with van der Waals surface area (Å²) in [5.74, 6) is -0.306. The number of halogens is 2. The van der Waals surface area contributed by atoms with Crippen molar-refractivity contribution in [2.75, 3.05) is 5.01 Å². The number of benzene rings is 2. The second-order valence-electron chi connectivity index (χ2n) is 6.61. The minimum absolute atomic E-state index is 0.237. The summed E-state index contributed by atoms with van der Waals surface area (Å²) in [6.07, 6.45) is 1.59. The van der Waals surface area contributed by atoms with Crippen molar-refractivity contribution >= 4 is 50.9 Å². The van der Waals surface area contributed by atoms with Crippen molar-refractivity contribution in [3.8, 4) is 5.69 Å². The van der Waals surface area contributed by atoms with Crippen LogP contribution in [0.5, 0.6) is 0 Å². The predicted octanol–water partition coefficient (Wildman–Crippen LogP) is 4.70. The van der Waals surface area contributed by atoms with Crippen LogP contribution in [0.15, 0.2) is 68.5 Å². The molecular weight excluding hydrogens is 456 g/mol. The number of H-pyrrole nitrogens is 1. The number of nitrogens with one attached hydrogen (secondary N) is 1. The van der Waals surface area contributed by atoms with Crippen molar-refractivity contribution in [2.45, 2.75) is 13.8 Å². The molecule has 0 radical (unpaired) electrons. The SMILES string of the molecule is CC1=NN(c2cccc(Cl)c2)C(=O)/C1=C/c1c(C)[nH]n(-c2ccc(Br)cc2)c1=O. The van der Waals surface area contributed by atoms with Gasteiger partial charge in [-0.05, 0) is 62.4 Å². The molecule has 1 amide bonds. The third-order valence-corrected chi connectivity index (χ3v) is 5.37. The normalized spacial score (nSPS) is 15.3. The lowest BCUT2D eigenvalue weighted by Gasteiger charge is -2.11. The van der Waals surface area contributed by atoms with Gasteiger partial charge in [-0.3, -0.25) is 14.7 Å². The van der Waals surface area contributed by atoms with Gasteiger partial charge < -0.3 is 0 Å². The molecule has 0 bridgehead atoms. The van der Waals surface area contributed by atoms with Crippen LogP contribution in [-0.4, -0.2) is 21.4 Å². The molecule has 1 aromatic heterocycles. The first-order chi connectivity index (χ1) is 13.8. The van der Waals surface area contributed by atoms with E-state index in [-0.39, 0.29) is 11.5 Å². The average Bonchev–Trinajstić information content (AvgIpc) is 3.13. The zero-order chi connectivity index (χ0) is 20.7. The van der Waals surface area contributed by atoms with Crippen LogP contribution in [0.4, 0.5) is 5.69 Å². The van der Waals surface area contributed by atoms with E-state index >= 15 is 0 Å². The van der Waals surface area contributed by atoms with Gasteiger partial charge in [-0.2, -0.15) is 10.1 Å². The number of aromatic nitrogens is 2. The Morgan fingerprint density at radius 2 is 1.79 bits per heavy atom. The first-order valence-corrected chi connectivity index (χ1v) is 9.97. The minimum atomic E-state index is -0.306. The standard InChI is InChI=1S/C21H16BrClN4O2/c1-12-18(20(28)26(24-12)16-8-6-14(22)7-9-16)11-19-13(2)25-27(21(19)29)17-5-3-4-15(23)10-17/h3-11,24H,1-2H3/b19-11+. The molecule has 0 atom stereocenters. The van der Waals surface area contributed by atoms with Crippen molar-refractivity contribution in [3.05, 3.63) is 85.2 Å². The summed E-state index contributed by atoms with van der Waals surface area (Å²) in [6, 6.07) is 14.3. The van der Waals surface area contributed by atoms with Gasteiger partial charge in [-0.15, -0.1) is 0 Å². The van der Waals surface area contributed by atoms with Crippen molar-refractivity contribution in [1.29, 1.82) is 0 Å². The molecule has 0 fully saturated rings. The highest BCUT2D eigenvalue weighted by molar-refractivity contribution is 9.10. The topological polar surface area (TPSA) is 70.5 Å². The van der Waals surface area contributed by atoms with Crippen LogP contribution in [-0.2, 0) is 4.79 Å². The fourth-order valence-electron chi connectivity index (χ4n) is 3.11. The number of aryl methyl sites for hydroxylation is 1. The van der Waals surface area contributed by atoms with Crippen LogP contribution in [0.3, 0.4) is 0 Å². The van der Waals surface area contributed by atoms with Crippen molar-refractivity contribution in [2.24, 2.45) is 5.10 Å².